The number of hydrazone groups is 1. The van der Waals surface area contributed by atoms with Crippen molar-refractivity contribution in [3.63, 3.8) is 0 Å². The summed E-state index contributed by atoms with van der Waals surface area (Å²) in [4.78, 5) is 10.2. The first-order valence-electron chi connectivity index (χ1n) is 3.21. The van der Waals surface area contributed by atoms with Crippen molar-refractivity contribution in [3.05, 3.63) is 0 Å². The van der Waals surface area contributed by atoms with Crippen LogP contribution in [0.25, 0.3) is 0 Å². The van der Waals surface area contributed by atoms with Crippen molar-refractivity contribution >= 4 is 12.2 Å². The van der Waals surface area contributed by atoms with Crippen molar-refractivity contribution in [1.29, 1.82) is 0 Å². The normalized spacial score (nSPS) is 23.7. The van der Waals surface area contributed by atoms with E-state index in [1.54, 1.807) is 11.2 Å². The van der Waals surface area contributed by atoms with E-state index < -0.39 is 5.97 Å². The average Bonchev–Trinajstić information content (AvgIpc) is 2.15. The number of carbonyl (C=O) groups is 1. The molecule has 1 aliphatic heterocycles. The van der Waals surface area contributed by atoms with E-state index >= 15 is 0 Å². The van der Waals surface area contributed by atoms with Gasteiger partial charge >= 0.3 is 5.97 Å². The Kier molecular flexibility index (Phi) is 1.89. The molecule has 0 bridgehead atoms. The van der Waals surface area contributed by atoms with Gasteiger partial charge in [-0.05, 0) is 6.92 Å². The Bertz CT molecular complexity index is 167. The fourth-order valence-electron chi connectivity index (χ4n) is 0.875. The van der Waals surface area contributed by atoms with Gasteiger partial charge in [-0.2, -0.15) is 5.10 Å². The quantitative estimate of drug-likeness (QED) is 0.597. The maximum absolute atomic E-state index is 10.2. The summed E-state index contributed by atoms with van der Waals surface area (Å²) in [6.07, 6.45) is 2.60. The molecule has 1 rings (SSSR count). The highest BCUT2D eigenvalue weighted by atomic mass is 16.4. The van der Waals surface area contributed by atoms with E-state index in [0.29, 0.717) is 0 Å². The van der Waals surface area contributed by atoms with Crippen LogP contribution in [0, 0.1) is 0 Å². The maximum atomic E-state index is 10.2. The summed E-state index contributed by atoms with van der Waals surface area (Å²) in [6, 6.07) is 0.246. The molecule has 0 aromatic carbocycles. The van der Waals surface area contributed by atoms with Crippen LogP contribution in [0.15, 0.2) is 5.10 Å². The van der Waals surface area contributed by atoms with Crippen molar-refractivity contribution in [2.24, 2.45) is 5.10 Å². The highest BCUT2D eigenvalue weighted by Crippen LogP contribution is 2.08. The van der Waals surface area contributed by atoms with Crippen LogP contribution in [-0.2, 0) is 4.79 Å². The van der Waals surface area contributed by atoms with Gasteiger partial charge < -0.3 is 5.11 Å². The Morgan fingerprint density at radius 1 is 2.00 bits per heavy atom. The number of hydrogen-bond donors (Lipinski definition) is 1. The lowest BCUT2D eigenvalue weighted by atomic mass is 10.3. The van der Waals surface area contributed by atoms with Gasteiger partial charge in [0, 0.05) is 18.7 Å². The second-order valence-corrected chi connectivity index (χ2v) is 2.37. The third-order valence-corrected chi connectivity index (χ3v) is 1.48. The lowest BCUT2D eigenvalue weighted by molar-refractivity contribution is -0.138. The molecule has 56 valence electrons. The van der Waals surface area contributed by atoms with Crippen LogP contribution in [0.4, 0.5) is 0 Å². The maximum Gasteiger partial charge on any atom is 0.324 e. The lowest BCUT2D eigenvalue weighted by Crippen LogP contribution is -2.29. The molecule has 0 fully saturated rings. The van der Waals surface area contributed by atoms with Gasteiger partial charge in [0.05, 0.1) is 0 Å². The van der Waals surface area contributed by atoms with Crippen LogP contribution in [0.2, 0.25) is 0 Å². The standard InChI is InChI=1S/C6H10N2O2/c1-5-2-3-7-8(5)4-6(9)10/h3,5H,2,4H2,1H3,(H,9,10). The van der Waals surface area contributed by atoms with Crippen LogP contribution in [-0.4, -0.2) is 34.9 Å². The molecule has 0 saturated carbocycles. The molecule has 1 N–H and O–H groups in total. The van der Waals surface area contributed by atoms with Crippen LogP contribution in [0.3, 0.4) is 0 Å². The molecule has 0 radical (unpaired) electrons. The third-order valence-electron chi connectivity index (χ3n) is 1.48. The zero-order valence-corrected chi connectivity index (χ0v) is 5.82. The van der Waals surface area contributed by atoms with Gasteiger partial charge in [0.25, 0.3) is 0 Å². The smallest absolute Gasteiger partial charge is 0.324 e. The zero-order chi connectivity index (χ0) is 7.56. The molecule has 1 unspecified atom stereocenters. The van der Waals surface area contributed by atoms with Gasteiger partial charge in [0.1, 0.15) is 6.54 Å². The van der Waals surface area contributed by atoms with E-state index in [0.717, 1.165) is 6.42 Å². The van der Waals surface area contributed by atoms with E-state index in [1.165, 1.54) is 0 Å². The molecule has 4 heteroatoms. The van der Waals surface area contributed by atoms with Gasteiger partial charge in [-0.3, -0.25) is 9.80 Å². The topological polar surface area (TPSA) is 52.9 Å². The molecule has 0 aromatic rings. The van der Waals surface area contributed by atoms with Crippen molar-refractivity contribution < 1.29 is 9.90 Å². The lowest BCUT2D eigenvalue weighted by Gasteiger charge is -2.16. The largest absolute Gasteiger partial charge is 0.480 e. The fourth-order valence-corrected chi connectivity index (χ4v) is 0.875. The molecule has 0 spiro atoms. The summed E-state index contributed by atoms with van der Waals surface area (Å²) in [5, 5.41) is 13.8. The van der Waals surface area contributed by atoms with Gasteiger partial charge in [-0.1, -0.05) is 0 Å². The Labute approximate surface area is 59.1 Å². The third kappa shape index (κ3) is 1.46. The Balaban J connectivity index is 2.40. The van der Waals surface area contributed by atoms with Crippen LogP contribution in [0.5, 0.6) is 0 Å². The average molecular weight is 142 g/mol. The molecule has 10 heavy (non-hydrogen) atoms. The summed E-state index contributed by atoms with van der Waals surface area (Å²) < 4.78 is 0. The Morgan fingerprint density at radius 2 is 2.70 bits per heavy atom. The second-order valence-electron chi connectivity index (χ2n) is 2.37. The summed E-state index contributed by atoms with van der Waals surface area (Å²) in [6.45, 7) is 1.97. The summed E-state index contributed by atoms with van der Waals surface area (Å²) in [5.74, 6) is -0.828. The van der Waals surface area contributed by atoms with E-state index in [2.05, 4.69) is 5.10 Å². The molecule has 4 nitrogen and oxygen atoms in total. The summed E-state index contributed by atoms with van der Waals surface area (Å²) in [7, 11) is 0. The van der Waals surface area contributed by atoms with E-state index in [1.807, 2.05) is 6.92 Å². The van der Waals surface area contributed by atoms with Gasteiger partial charge in [0.15, 0.2) is 0 Å². The van der Waals surface area contributed by atoms with Crippen LogP contribution < -0.4 is 0 Å². The Hall–Kier alpha value is -1.06. The first-order chi connectivity index (χ1) is 4.70. The van der Waals surface area contributed by atoms with Crippen LogP contribution >= 0.6 is 0 Å². The molecule has 1 atom stereocenters. The molecular formula is C6H10N2O2. The number of aliphatic carboxylic acids is 1. The minimum Gasteiger partial charge on any atom is -0.480 e. The predicted octanol–water partition coefficient (Wildman–Crippen LogP) is 0.151. The minimum absolute atomic E-state index is 0.0116. The molecule has 1 heterocycles. The number of hydrogen-bond acceptors (Lipinski definition) is 3. The van der Waals surface area contributed by atoms with Crippen molar-refractivity contribution in [2.45, 2.75) is 19.4 Å². The number of rotatable bonds is 2. The van der Waals surface area contributed by atoms with E-state index in [4.69, 9.17) is 5.11 Å². The van der Waals surface area contributed by atoms with Gasteiger partial charge in [-0.15, -0.1) is 0 Å². The van der Waals surface area contributed by atoms with Crippen molar-refractivity contribution in [1.82, 2.24) is 5.01 Å². The first kappa shape index (κ1) is 7.05. The van der Waals surface area contributed by atoms with Crippen molar-refractivity contribution in [2.75, 3.05) is 6.54 Å². The monoisotopic (exact) mass is 142 g/mol. The van der Waals surface area contributed by atoms with Crippen LogP contribution in [0.1, 0.15) is 13.3 Å². The van der Waals surface area contributed by atoms with Gasteiger partial charge in [0.2, 0.25) is 0 Å². The van der Waals surface area contributed by atoms with E-state index in [9.17, 15) is 4.79 Å². The number of nitrogens with zero attached hydrogens (tertiary/aromatic N) is 2. The van der Waals surface area contributed by atoms with Gasteiger partial charge in [-0.25, -0.2) is 0 Å². The Morgan fingerprint density at radius 3 is 3.10 bits per heavy atom. The van der Waals surface area contributed by atoms with Crippen molar-refractivity contribution in [3.8, 4) is 0 Å². The minimum atomic E-state index is -0.828. The number of carboxylic acid groups (broad SMARTS) is 1. The molecule has 0 aliphatic carbocycles. The molecule has 0 amide bonds. The molecule has 1 aliphatic rings. The SMILES string of the molecule is CC1CC=NN1CC(=O)O. The second kappa shape index (κ2) is 2.68. The summed E-state index contributed by atoms with van der Waals surface area (Å²) in [5.41, 5.74) is 0. The molecule has 0 saturated heterocycles. The summed E-state index contributed by atoms with van der Waals surface area (Å²) >= 11 is 0. The predicted molar refractivity (Wildman–Crippen MR) is 36.9 cm³/mol. The highest BCUT2D eigenvalue weighted by molar-refractivity contribution is 5.70. The zero-order valence-electron chi connectivity index (χ0n) is 5.82. The van der Waals surface area contributed by atoms with E-state index in [-0.39, 0.29) is 12.6 Å². The number of carboxylic acids is 1. The highest BCUT2D eigenvalue weighted by Gasteiger charge is 2.17. The molecule has 0 aromatic heterocycles. The first-order valence-corrected chi connectivity index (χ1v) is 3.21. The molecular weight excluding hydrogens is 132 g/mol. The fraction of sp³-hybridized carbons (Fsp3) is 0.667.